The van der Waals surface area contributed by atoms with Crippen LogP contribution in [0.25, 0.3) is 4.85 Å². The largest absolute Gasteiger partial charge is 0.407 e. The van der Waals surface area contributed by atoms with Crippen LogP contribution in [0.1, 0.15) is 19.4 Å². The molecule has 0 aliphatic carbocycles. The number of halogens is 3. The summed E-state index contributed by atoms with van der Waals surface area (Å²) in [5, 5.41) is 20.6. The lowest BCUT2D eigenvalue weighted by Crippen LogP contribution is -2.57. The zero-order valence-electron chi connectivity index (χ0n) is 14.7. The Morgan fingerprint density at radius 3 is 2.04 bits per heavy atom. The number of alkyl halides is 3. The van der Waals surface area contributed by atoms with E-state index < -0.39 is 64.5 Å². The van der Waals surface area contributed by atoms with E-state index in [1.165, 1.54) is 13.8 Å². The van der Waals surface area contributed by atoms with Gasteiger partial charge in [0.25, 0.3) is 0 Å². The fourth-order valence-electron chi connectivity index (χ4n) is 4.78. The maximum atomic E-state index is 13.3. The number of aliphatic hydroxyl groups excluding tert-OH is 2. The molecule has 3 heterocycles. The van der Waals surface area contributed by atoms with Crippen LogP contribution in [-0.2, 0) is 20.5 Å². The van der Waals surface area contributed by atoms with Gasteiger partial charge in [-0.15, -0.1) is 0 Å². The highest BCUT2D eigenvalue weighted by molar-refractivity contribution is 6.23. The van der Waals surface area contributed by atoms with E-state index in [0.717, 1.165) is 12.1 Å². The van der Waals surface area contributed by atoms with E-state index in [0.29, 0.717) is 11.0 Å². The molecular formula is C18H15F3N2O5. The SMILES string of the molecule is [C-]#[N+]c1ccc(N2C(=O)[C@@H]3[C@H](C2=O)C2(C)OC3(C)[C@@H](O)[C@@H]2O)cc1C(F)(F)F. The molecule has 2 N–H and O–H groups in total. The topological polar surface area (TPSA) is 91.4 Å². The predicted octanol–water partition coefficient (Wildman–Crippen LogP) is 1.64. The Morgan fingerprint density at radius 1 is 1.11 bits per heavy atom. The van der Waals surface area contributed by atoms with Crippen molar-refractivity contribution in [1.29, 1.82) is 0 Å². The lowest BCUT2D eigenvalue weighted by atomic mass is 9.66. The van der Waals surface area contributed by atoms with Crippen LogP contribution >= 0.6 is 0 Å². The van der Waals surface area contributed by atoms with Gasteiger partial charge in [0.15, 0.2) is 5.69 Å². The third kappa shape index (κ3) is 2.04. The molecule has 2 unspecified atom stereocenters. The van der Waals surface area contributed by atoms with E-state index in [9.17, 15) is 33.0 Å². The van der Waals surface area contributed by atoms with Gasteiger partial charge in [-0.2, -0.15) is 13.2 Å². The van der Waals surface area contributed by atoms with Crippen LogP contribution in [0, 0.1) is 18.4 Å². The highest BCUT2D eigenvalue weighted by atomic mass is 19.4. The van der Waals surface area contributed by atoms with Gasteiger partial charge in [0.2, 0.25) is 11.8 Å². The minimum Gasteiger partial charge on any atom is -0.387 e. The van der Waals surface area contributed by atoms with Crippen molar-refractivity contribution in [2.45, 2.75) is 43.4 Å². The third-order valence-corrected chi connectivity index (χ3v) is 6.12. The van der Waals surface area contributed by atoms with Crippen molar-refractivity contribution in [3.8, 4) is 0 Å². The number of ether oxygens (including phenoxy) is 1. The maximum absolute atomic E-state index is 13.3. The van der Waals surface area contributed by atoms with Crippen molar-refractivity contribution in [1.82, 2.24) is 0 Å². The molecule has 0 radical (unpaired) electrons. The summed E-state index contributed by atoms with van der Waals surface area (Å²) >= 11 is 0. The molecule has 4 rings (SSSR count). The van der Waals surface area contributed by atoms with Gasteiger partial charge in [-0.1, -0.05) is 6.07 Å². The van der Waals surface area contributed by atoms with Crippen molar-refractivity contribution >= 4 is 23.2 Å². The van der Waals surface area contributed by atoms with Crippen LogP contribution in [0.15, 0.2) is 18.2 Å². The minimum absolute atomic E-state index is 0.320. The molecule has 3 aliphatic rings. The first-order valence-corrected chi connectivity index (χ1v) is 8.40. The summed E-state index contributed by atoms with van der Waals surface area (Å²) in [6.07, 6.45) is -7.69. The van der Waals surface area contributed by atoms with Crippen molar-refractivity contribution in [2.24, 2.45) is 11.8 Å². The highest BCUT2D eigenvalue weighted by Crippen LogP contribution is 2.61. The van der Waals surface area contributed by atoms with Gasteiger partial charge in [-0.3, -0.25) is 9.59 Å². The smallest absolute Gasteiger partial charge is 0.387 e. The van der Waals surface area contributed by atoms with E-state index in [-0.39, 0.29) is 5.69 Å². The van der Waals surface area contributed by atoms with Crippen molar-refractivity contribution in [3.63, 3.8) is 0 Å². The Bertz CT molecular complexity index is 920. The van der Waals surface area contributed by atoms with Crippen LogP contribution in [0.3, 0.4) is 0 Å². The lowest BCUT2D eigenvalue weighted by Gasteiger charge is -2.35. The van der Waals surface area contributed by atoms with Gasteiger partial charge in [0, 0.05) is 5.69 Å². The van der Waals surface area contributed by atoms with Gasteiger partial charge in [0.1, 0.15) is 23.4 Å². The lowest BCUT2D eigenvalue weighted by molar-refractivity contribution is -0.137. The normalized spacial score (nSPS) is 39.4. The summed E-state index contributed by atoms with van der Waals surface area (Å²) in [5.74, 6) is -3.90. The summed E-state index contributed by atoms with van der Waals surface area (Å²) < 4.78 is 45.5. The molecule has 0 aromatic heterocycles. The molecule has 0 spiro atoms. The van der Waals surface area contributed by atoms with E-state index in [4.69, 9.17) is 11.3 Å². The Morgan fingerprint density at radius 2 is 1.61 bits per heavy atom. The van der Waals surface area contributed by atoms with Gasteiger partial charge in [-0.25, -0.2) is 9.74 Å². The van der Waals surface area contributed by atoms with Crippen molar-refractivity contribution in [2.75, 3.05) is 4.90 Å². The second-order valence-corrected chi connectivity index (χ2v) is 7.64. The summed E-state index contributed by atoms with van der Waals surface area (Å²) in [7, 11) is 0. The monoisotopic (exact) mass is 396 g/mol. The second-order valence-electron chi connectivity index (χ2n) is 7.64. The number of nitrogens with zero attached hydrogens (tertiary/aromatic N) is 2. The highest BCUT2D eigenvalue weighted by Gasteiger charge is 2.79. The molecule has 6 atom stereocenters. The van der Waals surface area contributed by atoms with Gasteiger partial charge in [-0.05, 0) is 26.0 Å². The van der Waals surface area contributed by atoms with E-state index in [1.807, 2.05) is 0 Å². The number of benzene rings is 1. The molecule has 7 nitrogen and oxygen atoms in total. The molecule has 3 fully saturated rings. The van der Waals surface area contributed by atoms with Crippen LogP contribution in [0.5, 0.6) is 0 Å². The second kappa shape index (κ2) is 5.31. The molecule has 2 amide bonds. The quantitative estimate of drug-likeness (QED) is 0.556. The fourth-order valence-corrected chi connectivity index (χ4v) is 4.78. The summed E-state index contributed by atoms with van der Waals surface area (Å²) in [6.45, 7) is 9.68. The van der Waals surface area contributed by atoms with E-state index in [1.54, 1.807) is 0 Å². The molecule has 148 valence electrons. The van der Waals surface area contributed by atoms with Gasteiger partial charge >= 0.3 is 6.18 Å². The van der Waals surface area contributed by atoms with Crippen LogP contribution in [-0.4, -0.2) is 45.4 Å². The Balaban J connectivity index is 1.82. The number of rotatable bonds is 1. The molecular weight excluding hydrogens is 381 g/mol. The Hall–Kier alpha value is -2.48. The Kier molecular flexibility index (Phi) is 3.58. The molecule has 0 saturated carbocycles. The zero-order chi connectivity index (χ0) is 20.8. The van der Waals surface area contributed by atoms with Crippen molar-refractivity contribution < 1.29 is 37.7 Å². The summed E-state index contributed by atoms with van der Waals surface area (Å²) in [5.41, 5.74) is -5.30. The first-order valence-electron chi connectivity index (χ1n) is 8.40. The fraction of sp³-hybridized carbons (Fsp3) is 0.500. The number of carbonyl (C=O) groups excluding carboxylic acids is 2. The average molecular weight is 396 g/mol. The van der Waals surface area contributed by atoms with Gasteiger partial charge < -0.3 is 14.9 Å². The first-order chi connectivity index (χ1) is 12.9. The van der Waals surface area contributed by atoms with Gasteiger partial charge in [0.05, 0.1) is 24.0 Å². The minimum atomic E-state index is -4.84. The molecule has 1 aromatic carbocycles. The zero-order valence-corrected chi connectivity index (χ0v) is 14.7. The molecule has 10 heteroatoms. The first kappa shape index (κ1) is 18.9. The van der Waals surface area contributed by atoms with E-state index >= 15 is 0 Å². The average Bonchev–Trinajstić information content (AvgIpc) is 3.10. The number of imide groups is 1. The molecule has 3 saturated heterocycles. The molecule has 3 aliphatic heterocycles. The number of hydrogen-bond donors (Lipinski definition) is 2. The number of aliphatic hydroxyl groups is 2. The third-order valence-electron chi connectivity index (χ3n) is 6.12. The number of fused-ring (bicyclic) bond motifs is 5. The molecule has 2 bridgehead atoms. The molecule has 1 aromatic rings. The number of hydrogen-bond acceptors (Lipinski definition) is 5. The van der Waals surface area contributed by atoms with Crippen LogP contribution in [0.4, 0.5) is 24.5 Å². The standard InChI is InChI=1S/C18H15F3N2O5/c1-16-10-11(17(2,28-16)13(25)12(16)24)15(27)23(14(10)26)7-4-5-9(22-3)8(6-7)18(19,20)21/h4-6,10-13,24-25H,1-2H3/t10-,11+,12-,13-,16?,17?/m0/s1. The maximum Gasteiger partial charge on any atom is 0.407 e. The number of amides is 2. The van der Waals surface area contributed by atoms with Crippen LogP contribution < -0.4 is 4.90 Å². The summed E-state index contributed by atoms with van der Waals surface area (Å²) in [4.78, 5) is 29.4. The number of carbonyl (C=O) groups is 2. The molecule has 28 heavy (non-hydrogen) atoms. The Labute approximate surface area is 157 Å². The summed E-state index contributed by atoms with van der Waals surface area (Å²) in [6, 6.07) is 2.59. The van der Waals surface area contributed by atoms with E-state index in [2.05, 4.69) is 4.85 Å². The van der Waals surface area contributed by atoms with Crippen LogP contribution in [0.2, 0.25) is 0 Å². The number of anilines is 1. The predicted molar refractivity (Wildman–Crippen MR) is 87.1 cm³/mol. The van der Waals surface area contributed by atoms with Crippen molar-refractivity contribution in [3.05, 3.63) is 35.2 Å².